The van der Waals surface area contributed by atoms with Gasteiger partial charge in [0, 0.05) is 25.5 Å². The maximum atomic E-state index is 4.18. The Labute approximate surface area is 78.4 Å². The monoisotopic (exact) mass is 175 g/mol. The summed E-state index contributed by atoms with van der Waals surface area (Å²) in [6.07, 6.45) is 8.72. The van der Waals surface area contributed by atoms with Crippen molar-refractivity contribution in [2.75, 3.05) is 18.0 Å². The molecule has 0 aliphatic rings. The number of anilines is 1. The number of hydrogen-bond acceptors (Lipinski definition) is 3. The molecule has 3 heteroatoms. The Balaban J connectivity index is 2.75. The van der Waals surface area contributed by atoms with Gasteiger partial charge in [-0.2, -0.15) is 0 Å². The Hall–Kier alpha value is -1.64. The Kier molecular flexibility index (Phi) is 3.70. The molecule has 0 saturated carbocycles. The zero-order valence-corrected chi connectivity index (χ0v) is 7.56. The second kappa shape index (κ2) is 5.09. The highest BCUT2D eigenvalue weighted by atomic mass is 15.2. The first-order valence-electron chi connectivity index (χ1n) is 4.11. The van der Waals surface area contributed by atoms with Crippen molar-refractivity contribution in [2.45, 2.75) is 0 Å². The highest BCUT2D eigenvalue weighted by Gasteiger charge is 2.02. The molecule has 0 amide bonds. The van der Waals surface area contributed by atoms with Gasteiger partial charge in [0.2, 0.25) is 0 Å². The average molecular weight is 175 g/mol. The van der Waals surface area contributed by atoms with Crippen molar-refractivity contribution in [3.05, 3.63) is 43.9 Å². The van der Waals surface area contributed by atoms with E-state index in [2.05, 4.69) is 23.1 Å². The van der Waals surface area contributed by atoms with Crippen LogP contribution < -0.4 is 4.90 Å². The molecule has 13 heavy (non-hydrogen) atoms. The molecule has 1 heterocycles. The molecule has 0 aliphatic heterocycles. The number of nitrogens with zero attached hydrogens (tertiary/aromatic N) is 3. The quantitative estimate of drug-likeness (QED) is 0.637. The highest BCUT2D eigenvalue weighted by molar-refractivity contribution is 5.36. The largest absolute Gasteiger partial charge is 0.348 e. The van der Waals surface area contributed by atoms with Crippen LogP contribution >= 0.6 is 0 Å². The van der Waals surface area contributed by atoms with Gasteiger partial charge in [-0.1, -0.05) is 12.2 Å². The average Bonchev–Trinajstić information content (AvgIpc) is 2.19. The van der Waals surface area contributed by atoms with E-state index in [1.807, 2.05) is 17.1 Å². The molecule has 0 N–H and O–H groups in total. The summed E-state index contributed by atoms with van der Waals surface area (Å²) in [5.74, 6) is 0.849. The molecule has 0 aromatic carbocycles. The van der Waals surface area contributed by atoms with E-state index in [0.29, 0.717) is 0 Å². The summed E-state index contributed by atoms with van der Waals surface area (Å²) in [5, 5.41) is 0. The van der Waals surface area contributed by atoms with Crippen molar-refractivity contribution >= 4 is 5.82 Å². The first-order valence-corrected chi connectivity index (χ1v) is 4.11. The maximum Gasteiger partial charge on any atom is 0.147 e. The van der Waals surface area contributed by atoms with Gasteiger partial charge in [0.25, 0.3) is 0 Å². The lowest BCUT2D eigenvalue weighted by Gasteiger charge is -2.19. The van der Waals surface area contributed by atoms with Crippen molar-refractivity contribution in [3.8, 4) is 0 Å². The van der Waals surface area contributed by atoms with E-state index in [4.69, 9.17) is 0 Å². The van der Waals surface area contributed by atoms with E-state index >= 15 is 0 Å². The zero-order chi connectivity index (χ0) is 9.52. The van der Waals surface area contributed by atoms with Crippen LogP contribution in [0.15, 0.2) is 43.9 Å². The Morgan fingerprint density at radius 2 is 1.92 bits per heavy atom. The van der Waals surface area contributed by atoms with Crippen LogP contribution in [0.1, 0.15) is 0 Å². The van der Waals surface area contributed by atoms with Gasteiger partial charge in [0.1, 0.15) is 5.82 Å². The van der Waals surface area contributed by atoms with Gasteiger partial charge in [-0.3, -0.25) is 4.98 Å². The standard InChI is InChI=1S/C10H13N3/c1-3-7-13(8-4-2)10-9-11-5-6-12-10/h3-6,9H,1-2,7-8H2. The van der Waals surface area contributed by atoms with E-state index in [1.165, 1.54) is 0 Å². The third-order valence-electron chi connectivity index (χ3n) is 1.57. The fourth-order valence-electron chi connectivity index (χ4n) is 1.03. The molecule has 0 spiro atoms. The lowest BCUT2D eigenvalue weighted by atomic mass is 10.4. The fraction of sp³-hybridized carbons (Fsp3) is 0.200. The van der Waals surface area contributed by atoms with E-state index in [-0.39, 0.29) is 0 Å². The summed E-state index contributed by atoms with van der Waals surface area (Å²) < 4.78 is 0. The van der Waals surface area contributed by atoms with Gasteiger partial charge in [0.15, 0.2) is 0 Å². The molecule has 0 saturated heterocycles. The molecule has 1 aromatic rings. The van der Waals surface area contributed by atoms with Crippen LogP contribution in [-0.4, -0.2) is 23.1 Å². The van der Waals surface area contributed by atoms with Gasteiger partial charge in [-0.25, -0.2) is 4.98 Å². The van der Waals surface area contributed by atoms with Gasteiger partial charge in [-0.15, -0.1) is 13.2 Å². The molecular weight excluding hydrogens is 162 g/mol. The minimum absolute atomic E-state index is 0.755. The third-order valence-corrected chi connectivity index (χ3v) is 1.57. The molecule has 0 aliphatic carbocycles. The topological polar surface area (TPSA) is 29.0 Å². The van der Waals surface area contributed by atoms with E-state index in [9.17, 15) is 0 Å². The van der Waals surface area contributed by atoms with Crippen LogP contribution in [-0.2, 0) is 0 Å². The number of hydrogen-bond donors (Lipinski definition) is 0. The van der Waals surface area contributed by atoms with E-state index in [1.54, 1.807) is 18.6 Å². The van der Waals surface area contributed by atoms with Crippen LogP contribution in [0.25, 0.3) is 0 Å². The predicted molar refractivity (Wildman–Crippen MR) is 54.6 cm³/mol. The van der Waals surface area contributed by atoms with Crippen LogP contribution in [0.2, 0.25) is 0 Å². The molecule has 3 nitrogen and oxygen atoms in total. The summed E-state index contributed by atoms with van der Waals surface area (Å²) in [4.78, 5) is 10.2. The molecule has 0 radical (unpaired) electrons. The van der Waals surface area contributed by atoms with Crippen molar-refractivity contribution in [1.82, 2.24) is 9.97 Å². The fourth-order valence-corrected chi connectivity index (χ4v) is 1.03. The van der Waals surface area contributed by atoms with Gasteiger partial charge in [-0.05, 0) is 0 Å². The Morgan fingerprint density at radius 1 is 1.23 bits per heavy atom. The summed E-state index contributed by atoms with van der Waals surface area (Å²) in [5.41, 5.74) is 0. The highest BCUT2D eigenvalue weighted by Crippen LogP contribution is 2.06. The predicted octanol–water partition coefficient (Wildman–Crippen LogP) is 1.66. The minimum atomic E-state index is 0.755. The normalized spacial score (nSPS) is 9.23. The lowest BCUT2D eigenvalue weighted by molar-refractivity contribution is 0.916. The second-order valence-electron chi connectivity index (χ2n) is 2.55. The molecular formula is C10H13N3. The number of rotatable bonds is 5. The Bertz CT molecular complexity index is 259. The van der Waals surface area contributed by atoms with E-state index in [0.717, 1.165) is 18.9 Å². The van der Waals surface area contributed by atoms with E-state index < -0.39 is 0 Å². The van der Waals surface area contributed by atoms with Crippen molar-refractivity contribution in [2.24, 2.45) is 0 Å². The van der Waals surface area contributed by atoms with Crippen molar-refractivity contribution in [3.63, 3.8) is 0 Å². The van der Waals surface area contributed by atoms with Crippen LogP contribution in [0.3, 0.4) is 0 Å². The van der Waals surface area contributed by atoms with Gasteiger partial charge in [0.05, 0.1) is 6.20 Å². The molecule has 0 unspecified atom stereocenters. The number of aromatic nitrogens is 2. The zero-order valence-electron chi connectivity index (χ0n) is 7.56. The van der Waals surface area contributed by atoms with Gasteiger partial charge < -0.3 is 4.90 Å². The SMILES string of the molecule is C=CCN(CC=C)c1cnccn1. The molecule has 0 atom stereocenters. The molecule has 0 bridgehead atoms. The first kappa shape index (κ1) is 9.45. The van der Waals surface area contributed by atoms with Crippen molar-refractivity contribution < 1.29 is 0 Å². The minimum Gasteiger partial charge on any atom is -0.348 e. The van der Waals surface area contributed by atoms with Gasteiger partial charge >= 0.3 is 0 Å². The summed E-state index contributed by atoms with van der Waals surface area (Å²) in [7, 11) is 0. The summed E-state index contributed by atoms with van der Waals surface area (Å²) in [6, 6.07) is 0. The maximum absolute atomic E-state index is 4.18. The summed E-state index contributed by atoms with van der Waals surface area (Å²) in [6.45, 7) is 8.88. The van der Waals surface area contributed by atoms with Crippen LogP contribution in [0, 0.1) is 0 Å². The molecule has 68 valence electrons. The second-order valence-corrected chi connectivity index (χ2v) is 2.55. The van der Waals surface area contributed by atoms with Crippen LogP contribution in [0.5, 0.6) is 0 Å². The first-order chi connectivity index (χ1) is 6.38. The molecule has 1 rings (SSSR count). The smallest absolute Gasteiger partial charge is 0.147 e. The lowest BCUT2D eigenvalue weighted by Crippen LogP contribution is -2.24. The third kappa shape index (κ3) is 2.71. The Morgan fingerprint density at radius 3 is 2.38 bits per heavy atom. The summed E-state index contributed by atoms with van der Waals surface area (Å²) >= 11 is 0. The van der Waals surface area contributed by atoms with Crippen molar-refractivity contribution in [1.29, 1.82) is 0 Å². The van der Waals surface area contributed by atoms with Crippen LogP contribution in [0.4, 0.5) is 5.82 Å². The molecule has 1 aromatic heterocycles. The molecule has 0 fully saturated rings.